The van der Waals surface area contributed by atoms with E-state index in [1.165, 1.54) is 12.1 Å². The molecule has 1 N–H and O–H groups in total. The highest BCUT2D eigenvalue weighted by molar-refractivity contribution is 5.84. The minimum atomic E-state index is -4.51. The molecule has 4 atom stereocenters. The first-order chi connectivity index (χ1) is 15.9. The fraction of sp³-hybridized carbons (Fsp3) is 0.318. The van der Waals surface area contributed by atoms with Crippen LogP contribution in [0.3, 0.4) is 0 Å². The van der Waals surface area contributed by atoms with E-state index in [9.17, 15) is 18.0 Å². The van der Waals surface area contributed by atoms with Crippen LogP contribution in [0, 0.1) is 0 Å². The summed E-state index contributed by atoms with van der Waals surface area (Å²) in [4.78, 5) is 12.3. The molecule has 11 heteroatoms. The average Bonchev–Trinajstić information content (AvgIpc) is 3.52. The SMILES string of the molecule is O=C(Nc1cccc(C(F)(F)F)c1)OC1COC2C1OCC2n1cc(-c2ccccc2)nn1. The molecule has 0 radical (unpaired) electrons. The van der Waals surface area contributed by atoms with Gasteiger partial charge in [0.25, 0.3) is 0 Å². The number of benzene rings is 2. The summed E-state index contributed by atoms with van der Waals surface area (Å²) in [5, 5.41) is 10.7. The van der Waals surface area contributed by atoms with Gasteiger partial charge in [-0.25, -0.2) is 9.48 Å². The van der Waals surface area contributed by atoms with Gasteiger partial charge >= 0.3 is 12.3 Å². The third kappa shape index (κ3) is 4.41. The van der Waals surface area contributed by atoms with Crippen LogP contribution < -0.4 is 5.32 Å². The molecule has 2 aromatic carbocycles. The Balaban J connectivity index is 1.21. The molecule has 4 unspecified atom stereocenters. The first kappa shape index (κ1) is 21.4. The van der Waals surface area contributed by atoms with E-state index in [2.05, 4.69) is 15.6 Å². The number of hydrogen-bond acceptors (Lipinski definition) is 6. The molecular formula is C22H19F3N4O4. The van der Waals surface area contributed by atoms with Crippen molar-refractivity contribution < 1.29 is 32.2 Å². The van der Waals surface area contributed by atoms with Crippen LogP contribution in [-0.4, -0.2) is 52.6 Å². The van der Waals surface area contributed by atoms with Gasteiger partial charge in [0.15, 0.2) is 6.10 Å². The van der Waals surface area contributed by atoms with Gasteiger partial charge in [0, 0.05) is 11.3 Å². The molecule has 3 aromatic rings. The van der Waals surface area contributed by atoms with Crippen molar-refractivity contribution in [3.63, 3.8) is 0 Å². The second-order valence-electron chi connectivity index (χ2n) is 7.76. The van der Waals surface area contributed by atoms with Gasteiger partial charge < -0.3 is 14.2 Å². The van der Waals surface area contributed by atoms with Gasteiger partial charge in [-0.2, -0.15) is 13.2 Å². The van der Waals surface area contributed by atoms with E-state index >= 15 is 0 Å². The maximum atomic E-state index is 12.9. The van der Waals surface area contributed by atoms with E-state index in [0.717, 1.165) is 17.7 Å². The molecule has 1 aromatic heterocycles. The summed E-state index contributed by atoms with van der Waals surface area (Å²) < 4.78 is 57.3. The lowest BCUT2D eigenvalue weighted by Gasteiger charge is -2.17. The molecule has 8 nitrogen and oxygen atoms in total. The molecule has 172 valence electrons. The minimum absolute atomic E-state index is 0.0217. The average molecular weight is 460 g/mol. The molecule has 2 saturated heterocycles. The largest absolute Gasteiger partial charge is 0.441 e. The molecule has 33 heavy (non-hydrogen) atoms. The molecule has 2 aliphatic heterocycles. The molecule has 5 rings (SSSR count). The molecular weight excluding hydrogens is 441 g/mol. The van der Waals surface area contributed by atoms with Gasteiger partial charge in [-0.05, 0) is 18.2 Å². The van der Waals surface area contributed by atoms with E-state index in [-0.39, 0.29) is 18.3 Å². The third-order valence-corrected chi connectivity index (χ3v) is 5.60. The molecule has 2 aliphatic rings. The summed E-state index contributed by atoms with van der Waals surface area (Å²) >= 11 is 0. The maximum absolute atomic E-state index is 12.9. The lowest BCUT2D eigenvalue weighted by molar-refractivity contribution is -0.137. The first-order valence-corrected chi connectivity index (χ1v) is 10.2. The summed E-state index contributed by atoms with van der Waals surface area (Å²) in [6, 6.07) is 13.7. The van der Waals surface area contributed by atoms with Crippen LogP contribution in [0.15, 0.2) is 60.8 Å². The predicted molar refractivity (Wildman–Crippen MR) is 109 cm³/mol. The number of carbonyl (C=O) groups is 1. The number of alkyl halides is 3. The van der Waals surface area contributed by atoms with Gasteiger partial charge in [0.1, 0.15) is 23.9 Å². The second kappa shape index (κ2) is 8.49. The highest BCUT2D eigenvalue weighted by Gasteiger charge is 2.50. The Hall–Kier alpha value is -3.44. The first-order valence-electron chi connectivity index (χ1n) is 10.2. The van der Waals surface area contributed by atoms with Gasteiger partial charge in [0.05, 0.1) is 25.0 Å². The minimum Gasteiger partial charge on any atom is -0.441 e. The standard InChI is InChI=1S/C22H19F3N4O4/c23-22(24,25)14-7-4-8-15(9-14)26-21(30)33-18-12-32-19-17(11-31-20(18)19)29-10-16(27-28-29)13-5-2-1-3-6-13/h1-10,17-20H,11-12H2,(H,26,30). The molecule has 3 heterocycles. The zero-order valence-electron chi connectivity index (χ0n) is 17.1. The molecule has 0 aliphatic carbocycles. The Morgan fingerprint density at radius 3 is 2.64 bits per heavy atom. The van der Waals surface area contributed by atoms with Gasteiger partial charge in [-0.3, -0.25) is 5.32 Å². The smallest absolute Gasteiger partial charge is 0.416 e. The number of halogens is 3. The van der Waals surface area contributed by atoms with Crippen molar-refractivity contribution in [1.29, 1.82) is 0 Å². The van der Waals surface area contributed by atoms with Crippen LogP contribution in [0.4, 0.5) is 23.7 Å². The van der Waals surface area contributed by atoms with Crippen molar-refractivity contribution in [3.8, 4) is 11.3 Å². The topological polar surface area (TPSA) is 87.5 Å². The summed E-state index contributed by atoms with van der Waals surface area (Å²) in [6.07, 6.45) is -5.22. The number of carbonyl (C=O) groups excluding carboxylic acids is 1. The van der Waals surface area contributed by atoms with Crippen LogP contribution in [0.25, 0.3) is 11.3 Å². The van der Waals surface area contributed by atoms with Crippen LogP contribution in [-0.2, 0) is 20.4 Å². The van der Waals surface area contributed by atoms with Crippen LogP contribution in [0.5, 0.6) is 0 Å². The second-order valence-corrected chi connectivity index (χ2v) is 7.76. The Morgan fingerprint density at radius 2 is 1.85 bits per heavy atom. The lowest BCUT2D eigenvalue weighted by atomic mass is 10.1. The Labute approximate surface area is 186 Å². The monoisotopic (exact) mass is 460 g/mol. The Kier molecular flexibility index (Phi) is 5.51. The molecule has 2 fully saturated rings. The maximum Gasteiger partial charge on any atom is 0.416 e. The number of amides is 1. The highest BCUT2D eigenvalue weighted by Crippen LogP contribution is 2.36. The van der Waals surface area contributed by atoms with Crippen LogP contribution in [0.2, 0.25) is 0 Å². The highest BCUT2D eigenvalue weighted by atomic mass is 19.4. The Morgan fingerprint density at radius 1 is 1.06 bits per heavy atom. The van der Waals surface area contributed by atoms with Crippen LogP contribution in [0.1, 0.15) is 11.6 Å². The molecule has 1 amide bonds. The van der Waals surface area contributed by atoms with Crippen LogP contribution >= 0.6 is 0 Å². The van der Waals surface area contributed by atoms with Gasteiger partial charge in [-0.1, -0.05) is 41.6 Å². The van der Waals surface area contributed by atoms with E-state index in [0.29, 0.717) is 12.3 Å². The van der Waals surface area contributed by atoms with E-state index in [1.807, 2.05) is 36.5 Å². The normalized spacial score (nSPS) is 24.5. The summed E-state index contributed by atoms with van der Waals surface area (Å²) in [5.74, 6) is 0. The van der Waals surface area contributed by atoms with E-state index < -0.39 is 36.1 Å². The number of nitrogens with zero attached hydrogens (tertiary/aromatic N) is 3. The van der Waals surface area contributed by atoms with Crippen molar-refractivity contribution in [2.45, 2.75) is 30.5 Å². The Bertz CT molecular complexity index is 1140. The van der Waals surface area contributed by atoms with E-state index in [4.69, 9.17) is 14.2 Å². The zero-order valence-corrected chi connectivity index (χ0v) is 17.1. The number of aromatic nitrogens is 3. The summed E-state index contributed by atoms with van der Waals surface area (Å²) in [5.41, 5.74) is 0.755. The van der Waals surface area contributed by atoms with Crippen molar-refractivity contribution in [3.05, 3.63) is 66.4 Å². The molecule has 0 saturated carbocycles. The molecule has 0 spiro atoms. The number of nitrogens with one attached hydrogen (secondary N) is 1. The molecule has 0 bridgehead atoms. The van der Waals surface area contributed by atoms with Crippen molar-refractivity contribution in [1.82, 2.24) is 15.0 Å². The fourth-order valence-corrected chi connectivity index (χ4v) is 4.01. The number of fused-ring (bicyclic) bond motifs is 1. The summed E-state index contributed by atoms with van der Waals surface area (Å²) in [6.45, 7) is 0.393. The summed E-state index contributed by atoms with van der Waals surface area (Å²) in [7, 11) is 0. The quantitative estimate of drug-likeness (QED) is 0.635. The van der Waals surface area contributed by atoms with E-state index in [1.54, 1.807) is 4.68 Å². The fourth-order valence-electron chi connectivity index (χ4n) is 4.01. The van der Waals surface area contributed by atoms with Crippen molar-refractivity contribution >= 4 is 11.8 Å². The third-order valence-electron chi connectivity index (χ3n) is 5.60. The number of hydrogen-bond donors (Lipinski definition) is 1. The number of ether oxygens (including phenoxy) is 3. The van der Waals surface area contributed by atoms with Gasteiger partial charge in [-0.15, -0.1) is 5.10 Å². The number of anilines is 1. The predicted octanol–water partition coefficient (Wildman–Crippen LogP) is 3.92. The van der Waals surface area contributed by atoms with Crippen molar-refractivity contribution in [2.24, 2.45) is 0 Å². The van der Waals surface area contributed by atoms with Gasteiger partial charge in [0.2, 0.25) is 0 Å². The van der Waals surface area contributed by atoms with Crippen molar-refractivity contribution in [2.75, 3.05) is 18.5 Å². The number of rotatable bonds is 4. The lowest BCUT2D eigenvalue weighted by Crippen LogP contribution is -2.34. The zero-order chi connectivity index (χ0) is 23.0.